The number of nitrogens with one attached hydrogen (secondary N) is 3. The van der Waals surface area contributed by atoms with Crippen LogP contribution in [0, 0.1) is 20.8 Å². The van der Waals surface area contributed by atoms with E-state index in [1.165, 1.54) is 30.3 Å². The zero-order valence-electron chi connectivity index (χ0n) is 15.8. The lowest BCUT2D eigenvalue weighted by Crippen LogP contribution is -2.17. The van der Waals surface area contributed by atoms with Crippen LogP contribution >= 0.6 is 11.6 Å². The number of nitrogens with zero attached hydrogens (tertiary/aromatic N) is 1. The number of hydrogen-bond acceptors (Lipinski definition) is 5. The highest BCUT2D eigenvalue weighted by Gasteiger charge is 2.24. The molecule has 1 heterocycles. The second kappa shape index (κ2) is 7.69. The minimum absolute atomic E-state index is 0.0294. The molecule has 0 fully saturated rings. The number of rotatable bonds is 6. The number of aromatic amines is 1. The Hall–Kier alpha value is -2.56. The number of hydrogen-bond donors (Lipinski definition) is 3. The molecule has 2 aromatic carbocycles. The second-order valence-corrected chi connectivity index (χ2v) is 10.2. The maximum absolute atomic E-state index is 12.8. The predicted octanol–water partition coefficient (Wildman–Crippen LogP) is 3.59. The summed E-state index contributed by atoms with van der Waals surface area (Å²) >= 11 is 5.82. The van der Waals surface area contributed by atoms with E-state index >= 15 is 0 Å². The Kier molecular flexibility index (Phi) is 5.61. The lowest BCUT2D eigenvalue weighted by molar-refractivity contribution is 0.597. The van der Waals surface area contributed by atoms with Gasteiger partial charge in [-0.3, -0.25) is 14.5 Å². The monoisotopic (exact) mass is 454 g/mol. The third-order valence-corrected chi connectivity index (χ3v) is 7.57. The number of anilines is 2. The Morgan fingerprint density at radius 2 is 1.45 bits per heavy atom. The minimum atomic E-state index is -3.95. The summed E-state index contributed by atoms with van der Waals surface area (Å²) in [6.07, 6.45) is 0. The van der Waals surface area contributed by atoms with Gasteiger partial charge in [0.15, 0.2) is 0 Å². The van der Waals surface area contributed by atoms with Crippen molar-refractivity contribution >= 4 is 43.0 Å². The van der Waals surface area contributed by atoms with Gasteiger partial charge in [-0.1, -0.05) is 17.7 Å². The summed E-state index contributed by atoms with van der Waals surface area (Å²) in [4.78, 5) is -0.0185. The molecule has 0 aliphatic carbocycles. The fraction of sp³-hybridized carbons (Fsp3) is 0.167. The van der Waals surface area contributed by atoms with Gasteiger partial charge in [-0.25, -0.2) is 16.8 Å². The molecule has 154 valence electrons. The molecule has 0 bridgehead atoms. The minimum Gasteiger partial charge on any atom is -0.281 e. The van der Waals surface area contributed by atoms with Crippen LogP contribution in [0.3, 0.4) is 0 Å². The van der Waals surface area contributed by atoms with E-state index in [1.54, 1.807) is 32.9 Å². The molecule has 0 saturated heterocycles. The molecule has 0 saturated carbocycles. The third-order valence-electron chi connectivity index (χ3n) is 4.16. The summed E-state index contributed by atoms with van der Waals surface area (Å²) in [5.41, 5.74) is 1.63. The van der Waals surface area contributed by atoms with Gasteiger partial charge in [0.25, 0.3) is 20.0 Å². The van der Waals surface area contributed by atoms with Gasteiger partial charge in [-0.2, -0.15) is 5.10 Å². The van der Waals surface area contributed by atoms with E-state index < -0.39 is 20.0 Å². The molecular weight excluding hydrogens is 436 g/mol. The molecule has 0 amide bonds. The van der Waals surface area contributed by atoms with Crippen LogP contribution in [0.5, 0.6) is 0 Å². The predicted molar refractivity (Wildman–Crippen MR) is 112 cm³/mol. The number of aromatic nitrogens is 2. The zero-order chi connectivity index (χ0) is 21.4. The van der Waals surface area contributed by atoms with Gasteiger partial charge in [0.2, 0.25) is 0 Å². The fourth-order valence-corrected chi connectivity index (χ4v) is 5.70. The third kappa shape index (κ3) is 4.55. The van der Waals surface area contributed by atoms with Crippen LogP contribution in [-0.4, -0.2) is 27.0 Å². The largest absolute Gasteiger partial charge is 0.281 e. The number of sulfonamides is 2. The van der Waals surface area contributed by atoms with Gasteiger partial charge in [-0.15, -0.1) is 0 Å². The Morgan fingerprint density at radius 1 is 0.862 bits per heavy atom. The lowest BCUT2D eigenvalue weighted by Gasteiger charge is -2.13. The molecule has 3 aromatic rings. The summed E-state index contributed by atoms with van der Waals surface area (Å²) in [5, 5.41) is 6.99. The maximum atomic E-state index is 12.8. The molecule has 0 unspecified atom stereocenters. The van der Waals surface area contributed by atoms with Crippen LogP contribution in [0.2, 0.25) is 5.02 Å². The van der Waals surface area contributed by atoms with Crippen molar-refractivity contribution in [1.82, 2.24) is 10.2 Å². The van der Waals surface area contributed by atoms with E-state index in [9.17, 15) is 16.8 Å². The summed E-state index contributed by atoms with van der Waals surface area (Å²) in [7, 11) is -7.90. The molecule has 0 atom stereocenters. The smallest absolute Gasteiger partial charge is 0.265 e. The molecule has 0 aliphatic heterocycles. The molecule has 1 aromatic heterocycles. The lowest BCUT2D eigenvalue weighted by atomic mass is 10.2. The van der Waals surface area contributed by atoms with Gasteiger partial charge >= 0.3 is 0 Å². The molecule has 0 aliphatic rings. The first kappa shape index (κ1) is 21.2. The first-order valence-electron chi connectivity index (χ1n) is 8.43. The van der Waals surface area contributed by atoms with Crippen LogP contribution in [0.4, 0.5) is 11.4 Å². The van der Waals surface area contributed by atoms with Gasteiger partial charge in [0.1, 0.15) is 4.90 Å². The molecule has 29 heavy (non-hydrogen) atoms. The van der Waals surface area contributed by atoms with Crippen LogP contribution < -0.4 is 9.44 Å². The van der Waals surface area contributed by atoms with Crippen molar-refractivity contribution in [3.63, 3.8) is 0 Å². The SMILES string of the molecule is Cc1ccc(NS(=O)(=O)c2c(C)n[nH]c2C)cc1S(=O)(=O)Nc1ccc(Cl)cc1. The van der Waals surface area contributed by atoms with E-state index in [-0.39, 0.29) is 15.5 Å². The van der Waals surface area contributed by atoms with E-state index in [1.807, 2.05) is 0 Å². The topological polar surface area (TPSA) is 121 Å². The second-order valence-electron chi connectivity index (χ2n) is 6.46. The van der Waals surface area contributed by atoms with Crippen LogP contribution in [0.25, 0.3) is 0 Å². The van der Waals surface area contributed by atoms with E-state index in [2.05, 4.69) is 19.6 Å². The summed E-state index contributed by atoms with van der Waals surface area (Å²) in [6, 6.07) is 10.5. The van der Waals surface area contributed by atoms with Crippen molar-refractivity contribution in [3.05, 3.63) is 64.4 Å². The summed E-state index contributed by atoms with van der Waals surface area (Å²) in [5.74, 6) is 0. The number of halogens is 1. The average molecular weight is 455 g/mol. The molecule has 0 radical (unpaired) electrons. The van der Waals surface area contributed by atoms with E-state index in [0.717, 1.165) is 0 Å². The van der Waals surface area contributed by atoms with Crippen molar-refractivity contribution in [2.45, 2.75) is 30.6 Å². The van der Waals surface area contributed by atoms with Crippen LogP contribution in [0.15, 0.2) is 52.3 Å². The molecule has 0 spiro atoms. The molecule has 11 heteroatoms. The first-order valence-corrected chi connectivity index (χ1v) is 11.8. The number of H-pyrrole nitrogens is 1. The van der Waals surface area contributed by atoms with Gasteiger partial charge in [-0.05, 0) is 62.7 Å². The van der Waals surface area contributed by atoms with Crippen molar-refractivity contribution in [1.29, 1.82) is 0 Å². The van der Waals surface area contributed by atoms with Gasteiger partial charge in [0, 0.05) is 10.7 Å². The van der Waals surface area contributed by atoms with Crippen LogP contribution in [0.1, 0.15) is 17.0 Å². The first-order chi connectivity index (χ1) is 13.5. The Labute approximate surface area is 174 Å². The molecule has 3 rings (SSSR count). The van der Waals surface area contributed by atoms with Crippen LogP contribution in [-0.2, 0) is 20.0 Å². The van der Waals surface area contributed by atoms with Crippen molar-refractivity contribution < 1.29 is 16.8 Å². The Morgan fingerprint density at radius 3 is 2.03 bits per heavy atom. The zero-order valence-corrected chi connectivity index (χ0v) is 18.2. The van der Waals surface area contributed by atoms with E-state index in [4.69, 9.17) is 11.6 Å². The quantitative estimate of drug-likeness (QED) is 0.525. The number of benzene rings is 2. The van der Waals surface area contributed by atoms with Gasteiger partial charge in [0.05, 0.1) is 22.0 Å². The highest BCUT2D eigenvalue weighted by molar-refractivity contribution is 7.93. The normalized spacial score (nSPS) is 12.0. The fourth-order valence-electron chi connectivity index (χ4n) is 2.82. The Balaban J connectivity index is 1.95. The van der Waals surface area contributed by atoms with Crippen molar-refractivity contribution in [3.8, 4) is 0 Å². The van der Waals surface area contributed by atoms with E-state index in [0.29, 0.717) is 27.7 Å². The molecule has 8 nitrogen and oxygen atoms in total. The molecule has 3 N–H and O–H groups in total. The highest BCUT2D eigenvalue weighted by Crippen LogP contribution is 2.26. The Bertz CT molecular complexity index is 1250. The maximum Gasteiger partial charge on any atom is 0.265 e. The highest BCUT2D eigenvalue weighted by atomic mass is 35.5. The summed E-state index contributed by atoms with van der Waals surface area (Å²) < 4.78 is 56.0. The van der Waals surface area contributed by atoms with Crippen molar-refractivity contribution in [2.24, 2.45) is 0 Å². The van der Waals surface area contributed by atoms with Gasteiger partial charge < -0.3 is 0 Å². The van der Waals surface area contributed by atoms with Crippen molar-refractivity contribution in [2.75, 3.05) is 9.44 Å². The standard InChI is InChI=1S/C18H19ClN4O4S2/c1-11-4-7-16(23-29(26,27)18-12(2)20-21-13(18)3)10-17(11)28(24,25)22-15-8-5-14(19)6-9-15/h4-10,22-23H,1-3H3,(H,20,21). The molecular formula is C18H19ClN4O4S2. The number of aryl methyl sites for hydroxylation is 3. The average Bonchev–Trinajstić information content (AvgIpc) is 2.97. The summed E-state index contributed by atoms with van der Waals surface area (Å²) in [6.45, 7) is 4.79.